The van der Waals surface area contributed by atoms with Crippen molar-refractivity contribution in [3.8, 4) is 0 Å². The van der Waals surface area contributed by atoms with Crippen LogP contribution in [-0.4, -0.2) is 29.7 Å². The number of anilines is 1. The first-order valence-corrected chi connectivity index (χ1v) is 5.13. The van der Waals surface area contributed by atoms with Gasteiger partial charge in [0.25, 0.3) is 0 Å². The second-order valence-electron chi connectivity index (χ2n) is 2.44. The van der Waals surface area contributed by atoms with Crippen LogP contribution in [0.1, 0.15) is 12.6 Å². The van der Waals surface area contributed by atoms with E-state index in [-0.39, 0.29) is 18.0 Å². The quantitative estimate of drug-likeness (QED) is 0.276. The molecule has 1 aromatic rings. The second kappa shape index (κ2) is 5.81. The molecular formula is C8H9N3O4S. The Kier molecular flexibility index (Phi) is 4.40. The summed E-state index contributed by atoms with van der Waals surface area (Å²) in [7, 11) is 0. The van der Waals surface area contributed by atoms with E-state index >= 15 is 0 Å². The van der Waals surface area contributed by atoms with Crippen molar-refractivity contribution in [1.82, 2.24) is 4.98 Å². The number of rotatable bonds is 4. The first-order chi connectivity index (χ1) is 7.67. The fourth-order valence-corrected chi connectivity index (χ4v) is 1.32. The summed E-state index contributed by atoms with van der Waals surface area (Å²) < 4.78 is 4.45. The maximum absolute atomic E-state index is 10.8. The zero-order chi connectivity index (χ0) is 12.0. The predicted octanol–water partition coefficient (Wildman–Crippen LogP) is 0.801. The molecule has 0 amide bonds. The van der Waals surface area contributed by atoms with E-state index < -0.39 is 6.16 Å². The van der Waals surface area contributed by atoms with Gasteiger partial charge in [0.15, 0.2) is 17.1 Å². The molecule has 0 saturated carbocycles. The van der Waals surface area contributed by atoms with Crippen LogP contribution in [0, 0.1) is 0 Å². The van der Waals surface area contributed by atoms with Gasteiger partial charge in [-0.1, -0.05) is 5.16 Å². The normalized spacial score (nSPS) is 10.9. The van der Waals surface area contributed by atoms with Gasteiger partial charge in [-0.15, -0.1) is 11.3 Å². The van der Waals surface area contributed by atoms with Gasteiger partial charge in [0, 0.05) is 5.38 Å². The number of nitrogens with zero attached hydrogens (tertiary/aromatic N) is 2. The Morgan fingerprint density at radius 3 is 3.00 bits per heavy atom. The number of hydrogen-bond acceptors (Lipinski definition) is 8. The van der Waals surface area contributed by atoms with E-state index in [0.717, 1.165) is 11.3 Å². The van der Waals surface area contributed by atoms with Gasteiger partial charge in [0.2, 0.25) is 0 Å². The molecule has 86 valence electrons. The fourth-order valence-electron chi connectivity index (χ4n) is 0.765. The number of nitrogen functional groups attached to an aromatic ring is 1. The lowest BCUT2D eigenvalue weighted by atomic mass is 10.3. The first-order valence-electron chi connectivity index (χ1n) is 4.25. The van der Waals surface area contributed by atoms with Gasteiger partial charge >= 0.3 is 6.16 Å². The van der Waals surface area contributed by atoms with E-state index in [0.29, 0.717) is 11.4 Å². The van der Waals surface area contributed by atoms with Gasteiger partial charge in [0.05, 0.1) is 6.61 Å². The van der Waals surface area contributed by atoms with Crippen molar-refractivity contribution < 1.29 is 19.2 Å². The number of thiazole rings is 1. The molecule has 0 aliphatic heterocycles. The summed E-state index contributed by atoms with van der Waals surface area (Å²) in [5.74, 6) is 0. The lowest BCUT2D eigenvalue weighted by molar-refractivity contribution is -0.102. The van der Waals surface area contributed by atoms with E-state index in [9.17, 15) is 9.59 Å². The molecule has 0 spiro atoms. The molecule has 1 heterocycles. The highest BCUT2D eigenvalue weighted by Crippen LogP contribution is 2.11. The van der Waals surface area contributed by atoms with Crippen molar-refractivity contribution in [3.05, 3.63) is 11.1 Å². The molecular weight excluding hydrogens is 234 g/mol. The highest BCUT2D eigenvalue weighted by atomic mass is 32.1. The number of oxime groups is 1. The van der Waals surface area contributed by atoms with Crippen LogP contribution in [-0.2, 0) is 14.4 Å². The molecule has 16 heavy (non-hydrogen) atoms. The molecule has 0 bridgehead atoms. The first kappa shape index (κ1) is 12.1. The molecule has 2 N–H and O–H groups in total. The Labute approximate surface area is 94.9 Å². The third kappa shape index (κ3) is 3.31. The molecule has 1 rings (SSSR count). The molecule has 0 fully saturated rings. The SMILES string of the molecule is CCOC(=O)ON=C(C=O)c1csc(N)n1. The van der Waals surface area contributed by atoms with Crippen molar-refractivity contribution in [2.24, 2.45) is 5.16 Å². The smallest absolute Gasteiger partial charge is 0.433 e. The molecule has 0 saturated heterocycles. The molecule has 0 atom stereocenters. The molecule has 0 aliphatic rings. The van der Waals surface area contributed by atoms with Crippen LogP contribution in [0.2, 0.25) is 0 Å². The van der Waals surface area contributed by atoms with E-state index in [2.05, 4.69) is 19.7 Å². The van der Waals surface area contributed by atoms with Crippen LogP contribution in [0.4, 0.5) is 9.93 Å². The van der Waals surface area contributed by atoms with Crippen molar-refractivity contribution in [3.63, 3.8) is 0 Å². The van der Waals surface area contributed by atoms with Gasteiger partial charge in [-0.3, -0.25) is 9.63 Å². The van der Waals surface area contributed by atoms with E-state index in [4.69, 9.17) is 5.73 Å². The fraction of sp³-hybridized carbons (Fsp3) is 0.250. The highest BCUT2D eigenvalue weighted by molar-refractivity contribution is 7.13. The van der Waals surface area contributed by atoms with Crippen LogP contribution >= 0.6 is 11.3 Å². The van der Waals surface area contributed by atoms with E-state index in [1.807, 2.05) is 0 Å². The van der Waals surface area contributed by atoms with Gasteiger partial charge in [-0.25, -0.2) is 9.78 Å². The van der Waals surface area contributed by atoms with E-state index in [1.165, 1.54) is 5.38 Å². The summed E-state index contributed by atoms with van der Waals surface area (Å²) >= 11 is 1.15. The maximum atomic E-state index is 10.8. The second-order valence-corrected chi connectivity index (χ2v) is 3.33. The predicted molar refractivity (Wildman–Crippen MR) is 57.2 cm³/mol. The number of aldehydes is 1. The maximum Gasteiger partial charge on any atom is 0.535 e. The molecule has 0 aliphatic carbocycles. The summed E-state index contributed by atoms with van der Waals surface area (Å²) in [5.41, 5.74) is 5.51. The Hall–Kier alpha value is -1.96. The molecule has 1 aromatic heterocycles. The van der Waals surface area contributed by atoms with Gasteiger partial charge in [0.1, 0.15) is 5.69 Å². The van der Waals surface area contributed by atoms with Crippen LogP contribution in [0.5, 0.6) is 0 Å². The number of ether oxygens (including phenoxy) is 1. The molecule has 0 radical (unpaired) electrons. The third-order valence-corrected chi connectivity index (χ3v) is 2.05. The molecule has 0 unspecified atom stereocenters. The summed E-state index contributed by atoms with van der Waals surface area (Å²) in [6.45, 7) is 1.78. The molecule has 0 aromatic carbocycles. The van der Waals surface area contributed by atoms with Gasteiger partial charge in [-0.2, -0.15) is 0 Å². The minimum Gasteiger partial charge on any atom is -0.433 e. The van der Waals surface area contributed by atoms with Crippen molar-refractivity contribution in [2.75, 3.05) is 12.3 Å². The topological polar surface area (TPSA) is 104 Å². The number of carbonyl (C=O) groups is 2. The Morgan fingerprint density at radius 2 is 2.50 bits per heavy atom. The van der Waals surface area contributed by atoms with Crippen LogP contribution in [0.3, 0.4) is 0 Å². The van der Waals surface area contributed by atoms with Crippen molar-refractivity contribution in [1.29, 1.82) is 0 Å². The zero-order valence-electron chi connectivity index (χ0n) is 8.37. The largest absolute Gasteiger partial charge is 0.535 e. The number of carbonyl (C=O) groups excluding carboxylic acids is 2. The average molecular weight is 243 g/mol. The monoisotopic (exact) mass is 243 g/mol. The summed E-state index contributed by atoms with van der Waals surface area (Å²) in [4.78, 5) is 29.6. The Morgan fingerprint density at radius 1 is 1.75 bits per heavy atom. The highest BCUT2D eigenvalue weighted by Gasteiger charge is 2.09. The number of nitrogens with two attached hydrogens (primary N) is 1. The van der Waals surface area contributed by atoms with Crippen LogP contribution in [0.15, 0.2) is 10.5 Å². The number of aromatic nitrogens is 1. The summed E-state index contributed by atoms with van der Waals surface area (Å²) in [6.07, 6.45) is -0.571. The average Bonchev–Trinajstić information content (AvgIpc) is 2.66. The van der Waals surface area contributed by atoms with Crippen molar-refractivity contribution in [2.45, 2.75) is 6.92 Å². The Balaban J connectivity index is 2.71. The molecule has 7 nitrogen and oxygen atoms in total. The lowest BCUT2D eigenvalue weighted by Gasteiger charge is -1.97. The van der Waals surface area contributed by atoms with Gasteiger partial charge < -0.3 is 10.5 Å². The van der Waals surface area contributed by atoms with Crippen molar-refractivity contribution >= 4 is 34.6 Å². The number of hydrogen-bond donors (Lipinski definition) is 1. The van der Waals surface area contributed by atoms with E-state index in [1.54, 1.807) is 6.92 Å². The van der Waals surface area contributed by atoms with Crippen LogP contribution < -0.4 is 5.73 Å². The lowest BCUT2D eigenvalue weighted by Crippen LogP contribution is -2.08. The summed E-state index contributed by atoms with van der Waals surface area (Å²) in [6, 6.07) is 0. The third-order valence-electron chi connectivity index (χ3n) is 1.38. The standard InChI is InChI=1S/C8H9N3O4S/c1-2-14-8(13)15-11-5(3-12)6-4-16-7(9)10-6/h3-4H,2H2,1H3,(H2,9,10). The molecule has 8 heteroatoms. The van der Waals surface area contributed by atoms with Gasteiger partial charge in [-0.05, 0) is 6.92 Å². The zero-order valence-corrected chi connectivity index (χ0v) is 9.19. The minimum absolute atomic E-state index is 0.124. The van der Waals surface area contributed by atoms with Crippen LogP contribution in [0.25, 0.3) is 0 Å². The summed E-state index contributed by atoms with van der Waals surface area (Å²) in [5, 5.41) is 5.12. The Bertz CT molecular complexity index is 415. The minimum atomic E-state index is -0.981.